The summed E-state index contributed by atoms with van der Waals surface area (Å²) in [5.74, 6) is -0.651. The van der Waals surface area contributed by atoms with Gasteiger partial charge in [0.15, 0.2) is 5.78 Å². The van der Waals surface area contributed by atoms with Crippen molar-refractivity contribution in [2.45, 2.75) is 32.0 Å². The van der Waals surface area contributed by atoms with E-state index in [1.54, 1.807) is 25.3 Å². The van der Waals surface area contributed by atoms with Gasteiger partial charge in [-0.25, -0.2) is 4.39 Å². The highest BCUT2D eigenvalue weighted by Crippen LogP contribution is 2.30. The molecule has 3 aromatic rings. The summed E-state index contributed by atoms with van der Waals surface area (Å²) < 4.78 is 19.9. The molecule has 1 saturated heterocycles. The minimum Gasteiger partial charge on any atom is -0.374 e. The summed E-state index contributed by atoms with van der Waals surface area (Å²) in [6, 6.07) is 12.6. The smallest absolute Gasteiger partial charge is 0.179 e. The number of aromatic amines is 1. The number of allylic oxidation sites excluding steroid dienone is 3. The molecule has 7 nitrogen and oxygen atoms in total. The molecule has 194 valence electrons. The van der Waals surface area contributed by atoms with Gasteiger partial charge >= 0.3 is 0 Å². The number of nitrogens with one attached hydrogen (secondary N) is 2. The second-order valence-electron chi connectivity index (χ2n) is 9.96. The van der Waals surface area contributed by atoms with Crippen LogP contribution in [0.2, 0.25) is 0 Å². The van der Waals surface area contributed by atoms with Crippen LogP contribution < -0.4 is 5.32 Å². The third-order valence-electron chi connectivity index (χ3n) is 7.38. The summed E-state index contributed by atoms with van der Waals surface area (Å²) in [4.78, 5) is 17.0. The van der Waals surface area contributed by atoms with Crippen molar-refractivity contribution in [2.75, 3.05) is 40.3 Å². The second kappa shape index (κ2) is 11.0. The third-order valence-corrected chi connectivity index (χ3v) is 7.38. The number of benzene rings is 2. The number of aromatic nitrogens is 2. The zero-order valence-electron chi connectivity index (χ0n) is 21.6. The molecule has 3 heterocycles. The van der Waals surface area contributed by atoms with Gasteiger partial charge in [-0.05, 0) is 62.2 Å². The van der Waals surface area contributed by atoms with E-state index in [1.807, 2.05) is 6.07 Å². The van der Waals surface area contributed by atoms with Gasteiger partial charge in [0.1, 0.15) is 12.0 Å². The lowest BCUT2D eigenvalue weighted by atomic mass is 10.0. The molecule has 2 aromatic carbocycles. The number of ketones is 1. The molecule has 0 aliphatic carbocycles. The largest absolute Gasteiger partial charge is 0.374 e. The molecule has 2 unspecified atom stereocenters. The van der Waals surface area contributed by atoms with Crippen LogP contribution in [0.25, 0.3) is 16.5 Å². The molecule has 0 bridgehead atoms. The Hall–Kier alpha value is -3.33. The average molecular weight is 504 g/mol. The zero-order valence-corrected chi connectivity index (χ0v) is 21.6. The number of ether oxygens (including phenoxy) is 1. The van der Waals surface area contributed by atoms with Crippen molar-refractivity contribution in [3.05, 3.63) is 83.0 Å². The van der Waals surface area contributed by atoms with Crippen molar-refractivity contribution in [3.8, 4) is 0 Å². The van der Waals surface area contributed by atoms with Gasteiger partial charge in [0.05, 0.1) is 23.3 Å². The molecule has 0 spiro atoms. The fourth-order valence-electron chi connectivity index (χ4n) is 5.18. The molecule has 2 N–H and O–H groups in total. The first-order valence-corrected chi connectivity index (χ1v) is 12.8. The van der Waals surface area contributed by atoms with Crippen LogP contribution in [-0.2, 0) is 4.74 Å². The first kappa shape index (κ1) is 25.3. The molecule has 5 rings (SSSR count). The maximum Gasteiger partial charge on any atom is 0.179 e. The topological polar surface area (TPSA) is 73.5 Å². The Labute approximate surface area is 217 Å². The standard InChI is InChI=1S/C29H34FN5O2/c1-19-15-20(12-14-34(19)2)28-24-16-21(10-11-26(24)32-33-28)29(37-3)31-22-7-6-13-35(17-22)18-27(36)23-8-4-5-9-25(23)30/h4-5,8-12,15-16,22,29,31H,6-7,13-14,17-18H2,1-3H3,(H,32,33). The first-order valence-electron chi connectivity index (χ1n) is 12.8. The van der Waals surface area contributed by atoms with Crippen LogP contribution in [0, 0.1) is 5.82 Å². The number of fused-ring (bicyclic) bond motifs is 1. The predicted molar refractivity (Wildman–Crippen MR) is 144 cm³/mol. The zero-order chi connectivity index (χ0) is 25.9. The first-order chi connectivity index (χ1) is 17.9. The van der Waals surface area contributed by atoms with E-state index in [0.29, 0.717) is 6.54 Å². The van der Waals surface area contributed by atoms with Crippen LogP contribution in [0.15, 0.2) is 60.3 Å². The Balaban J connectivity index is 1.29. The number of rotatable bonds is 8. The van der Waals surface area contributed by atoms with Gasteiger partial charge in [-0.2, -0.15) is 5.10 Å². The molecular weight excluding hydrogens is 469 g/mol. The van der Waals surface area contributed by atoms with Crippen LogP contribution in [0.4, 0.5) is 4.39 Å². The van der Waals surface area contributed by atoms with Crippen LogP contribution in [-0.4, -0.2) is 72.2 Å². The van der Waals surface area contributed by atoms with E-state index >= 15 is 0 Å². The van der Waals surface area contributed by atoms with E-state index in [2.05, 4.69) is 63.6 Å². The van der Waals surface area contributed by atoms with E-state index in [0.717, 1.165) is 53.7 Å². The molecule has 0 amide bonds. The summed E-state index contributed by atoms with van der Waals surface area (Å²) in [5, 5.41) is 12.5. The minimum atomic E-state index is -0.464. The summed E-state index contributed by atoms with van der Waals surface area (Å²) in [6.45, 7) is 4.68. The molecule has 1 aromatic heterocycles. The molecular formula is C29H34FN5O2. The number of likely N-dealkylation sites (tertiary alicyclic amines) is 1. The number of methoxy groups -OCH3 is 1. The molecule has 37 heavy (non-hydrogen) atoms. The van der Waals surface area contributed by atoms with Crippen LogP contribution in [0.3, 0.4) is 0 Å². The summed E-state index contributed by atoms with van der Waals surface area (Å²) in [6.07, 6.45) is 5.99. The average Bonchev–Trinajstić information content (AvgIpc) is 3.32. The van der Waals surface area contributed by atoms with Gasteiger partial charge < -0.3 is 9.64 Å². The molecule has 0 radical (unpaired) electrons. The highest BCUT2D eigenvalue weighted by atomic mass is 19.1. The number of piperidine rings is 1. The molecule has 2 aliphatic rings. The van der Waals surface area contributed by atoms with Gasteiger partial charge in [0.25, 0.3) is 0 Å². The number of Topliss-reactive ketones (excluding diaryl/α,β-unsaturated/α-hetero) is 1. The third kappa shape index (κ3) is 5.51. The number of carbonyl (C=O) groups is 1. The number of hydrogen-bond donors (Lipinski definition) is 2. The van der Waals surface area contributed by atoms with Crippen LogP contribution >= 0.6 is 0 Å². The summed E-state index contributed by atoms with van der Waals surface area (Å²) >= 11 is 0. The van der Waals surface area contributed by atoms with Crippen molar-refractivity contribution < 1.29 is 13.9 Å². The molecule has 8 heteroatoms. The number of likely N-dealkylation sites (N-methyl/N-ethyl adjacent to an activating group) is 1. The second-order valence-corrected chi connectivity index (χ2v) is 9.96. The monoisotopic (exact) mass is 503 g/mol. The summed E-state index contributed by atoms with van der Waals surface area (Å²) in [5.41, 5.74) is 5.41. The Kier molecular flexibility index (Phi) is 7.50. The van der Waals surface area contributed by atoms with Crippen LogP contribution in [0.5, 0.6) is 0 Å². The molecule has 2 aliphatic heterocycles. The Bertz CT molecular complexity index is 1350. The van der Waals surface area contributed by atoms with Crippen LogP contribution in [0.1, 0.15) is 47.6 Å². The van der Waals surface area contributed by atoms with Crippen molar-refractivity contribution in [3.63, 3.8) is 0 Å². The maximum absolute atomic E-state index is 14.1. The van der Waals surface area contributed by atoms with Crippen molar-refractivity contribution in [2.24, 2.45) is 0 Å². The fraction of sp³-hybridized carbons (Fsp3) is 0.379. The van der Waals surface area contributed by atoms with E-state index in [9.17, 15) is 9.18 Å². The van der Waals surface area contributed by atoms with E-state index in [-0.39, 0.29) is 30.2 Å². The normalized spacial score (nSPS) is 19.6. The number of H-pyrrole nitrogens is 1. The van der Waals surface area contributed by atoms with Gasteiger partial charge in [-0.1, -0.05) is 24.3 Å². The maximum atomic E-state index is 14.1. The number of carbonyl (C=O) groups excluding carboxylic acids is 1. The predicted octanol–water partition coefficient (Wildman–Crippen LogP) is 4.52. The Morgan fingerprint density at radius 3 is 2.92 bits per heavy atom. The minimum absolute atomic E-state index is 0.147. The highest BCUT2D eigenvalue weighted by molar-refractivity contribution is 5.97. The van der Waals surface area contributed by atoms with E-state index in [4.69, 9.17) is 4.74 Å². The van der Waals surface area contributed by atoms with Crippen molar-refractivity contribution in [1.82, 2.24) is 25.3 Å². The van der Waals surface area contributed by atoms with E-state index in [1.165, 1.54) is 11.8 Å². The van der Waals surface area contributed by atoms with Gasteiger partial charge in [0, 0.05) is 49.9 Å². The van der Waals surface area contributed by atoms with Crippen molar-refractivity contribution in [1.29, 1.82) is 0 Å². The number of nitrogens with zero attached hydrogens (tertiary/aromatic N) is 3. The van der Waals surface area contributed by atoms with Gasteiger partial charge in [-0.15, -0.1) is 0 Å². The van der Waals surface area contributed by atoms with E-state index < -0.39 is 5.82 Å². The molecule has 2 atom stereocenters. The van der Waals surface area contributed by atoms with Crippen molar-refractivity contribution >= 4 is 22.3 Å². The highest BCUT2D eigenvalue weighted by Gasteiger charge is 2.26. The number of hydrogen-bond acceptors (Lipinski definition) is 6. The lowest BCUT2D eigenvalue weighted by Crippen LogP contribution is -2.48. The lowest BCUT2D eigenvalue weighted by molar-refractivity contribution is 0.0477. The molecule has 1 fully saturated rings. The number of halogens is 1. The Morgan fingerprint density at radius 1 is 1.30 bits per heavy atom. The van der Waals surface area contributed by atoms with Gasteiger partial charge in [0.2, 0.25) is 0 Å². The lowest BCUT2D eigenvalue weighted by Gasteiger charge is -2.34. The fourth-order valence-corrected chi connectivity index (χ4v) is 5.18. The Morgan fingerprint density at radius 2 is 2.14 bits per heavy atom. The SMILES string of the molecule is COC(NC1CCCN(CC(=O)c2ccccc2F)C1)c1ccc2[nH]nc(C3=CCN(C)C(C)=C3)c2c1. The summed E-state index contributed by atoms with van der Waals surface area (Å²) in [7, 11) is 3.78. The molecule has 0 saturated carbocycles. The van der Waals surface area contributed by atoms with Gasteiger partial charge in [-0.3, -0.25) is 20.1 Å². The quantitative estimate of drug-likeness (QED) is 0.348.